The molecule has 0 atom stereocenters. The lowest BCUT2D eigenvalue weighted by Gasteiger charge is -1.86. The Morgan fingerprint density at radius 3 is 3.11 bits per heavy atom. The van der Waals surface area contributed by atoms with Gasteiger partial charge in [-0.05, 0) is 23.9 Å². The van der Waals surface area contributed by atoms with E-state index in [1.807, 2.05) is 12.1 Å². The second-order valence-electron chi connectivity index (χ2n) is 1.78. The van der Waals surface area contributed by atoms with E-state index in [2.05, 4.69) is 12.2 Å². The van der Waals surface area contributed by atoms with Gasteiger partial charge in [0.1, 0.15) is 5.76 Å². The molecule has 9 heavy (non-hydrogen) atoms. The molecule has 48 valence electrons. The molecule has 0 aromatic carbocycles. The minimum absolute atomic E-state index is 0.919. The molecule has 0 N–H and O–H groups in total. The van der Waals surface area contributed by atoms with Gasteiger partial charge in [-0.25, -0.2) is 0 Å². The second-order valence-corrected chi connectivity index (χ2v) is 2.12. The summed E-state index contributed by atoms with van der Waals surface area (Å²) in [4.78, 5) is 0. The summed E-state index contributed by atoms with van der Waals surface area (Å²) < 4.78 is 5.07. The maximum absolute atomic E-state index is 5.07. The first-order valence-electron chi connectivity index (χ1n) is 2.89. The number of hydrogen-bond acceptors (Lipinski definition) is 2. The lowest BCUT2D eigenvalue weighted by atomic mass is 10.3. The van der Waals surface area contributed by atoms with Crippen molar-refractivity contribution < 1.29 is 4.42 Å². The molecule has 0 unspecified atom stereocenters. The van der Waals surface area contributed by atoms with Crippen molar-refractivity contribution in [2.75, 3.05) is 0 Å². The maximum atomic E-state index is 5.07. The summed E-state index contributed by atoms with van der Waals surface area (Å²) in [5.74, 6) is 1.01. The van der Waals surface area contributed by atoms with Crippen molar-refractivity contribution in [3.63, 3.8) is 0 Å². The Labute approximate surface area is 59.7 Å². The maximum Gasteiger partial charge on any atom is 0.104 e. The molecule has 0 radical (unpaired) electrons. The summed E-state index contributed by atoms with van der Waals surface area (Å²) in [5, 5.41) is 1.72. The van der Waals surface area contributed by atoms with Crippen LogP contribution >= 0.6 is 12.2 Å². The van der Waals surface area contributed by atoms with Crippen LogP contribution in [-0.4, -0.2) is 5.37 Å². The van der Waals surface area contributed by atoms with Gasteiger partial charge < -0.3 is 4.42 Å². The van der Waals surface area contributed by atoms with E-state index in [9.17, 15) is 0 Å². The molecular weight excluding hydrogens is 132 g/mol. The van der Waals surface area contributed by atoms with Crippen LogP contribution in [0.15, 0.2) is 22.8 Å². The van der Waals surface area contributed by atoms with Crippen molar-refractivity contribution >= 4 is 17.6 Å². The Bertz CT molecular complexity index is 167. The van der Waals surface area contributed by atoms with Crippen LogP contribution in [0.1, 0.15) is 12.2 Å². The predicted molar refractivity (Wildman–Crippen MR) is 40.7 cm³/mol. The highest BCUT2D eigenvalue weighted by Gasteiger charge is 1.90. The van der Waals surface area contributed by atoms with Crippen molar-refractivity contribution in [1.29, 1.82) is 0 Å². The van der Waals surface area contributed by atoms with Crippen LogP contribution in [0.5, 0.6) is 0 Å². The third-order valence-corrected chi connectivity index (χ3v) is 1.32. The van der Waals surface area contributed by atoms with Crippen molar-refractivity contribution in [3.05, 3.63) is 24.2 Å². The Hall–Kier alpha value is -0.630. The summed E-state index contributed by atoms with van der Waals surface area (Å²) in [6.07, 6.45) is 3.53. The van der Waals surface area contributed by atoms with Crippen LogP contribution in [-0.2, 0) is 6.42 Å². The van der Waals surface area contributed by atoms with E-state index < -0.39 is 0 Å². The summed E-state index contributed by atoms with van der Waals surface area (Å²) in [7, 11) is 0. The highest BCUT2D eigenvalue weighted by atomic mass is 32.1. The summed E-state index contributed by atoms with van der Waals surface area (Å²) in [6, 6.07) is 3.84. The molecule has 1 aromatic rings. The highest BCUT2D eigenvalue weighted by molar-refractivity contribution is 7.78. The molecule has 0 saturated carbocycles. The first-order chi connectivity index (χ1) is 4.43. The molecule has 2 heteroatoms. The number of furan rings is 1. The quantitative estimate of drug-likeness (QED) is 0.597. The van der Waals surface area contributed by atoms with Gasteiger partial charge in [0.05, 0.1) is 6.26 Å². The van der Waals surface area contributed by atoms with Crippen molar-refractivity contribution in [2.24, 2.45) is 0 Å². The van der Waals surface area contributed by atoms with E-state index in [0.29, 0.717) is 0 Å². The van der Waals surface area contributed by atoms with E-state index in [-0.39, 0.29) is 0 Å². The van der Waals surface area contributed by atoms with Crippen LogP contribution < -0.4 is 0 Å². The standard InChI is InChI=1S/C7H8OS/c9-6-2-4-7-3-1-5-8-7/h1,3,5-6H,2,4H2. The molecule has 1 aromatic heterocycles. The Morgan fingerprint density at radius 2 is 2.56 bits per heavy atom. The minimum Gasteiger partial charge on any atom is -0.469 e. The average Bonchev–Trinajstić information content (AvgIpc) is 2.34. The van der Waals surface area contributed by atoms with Crippen molar-refractivity contribution in [3.8, 4) is 0 Å². The fourth-order valence-electron chi connectivity index (χ4n) is 0.656. The summed E-state index contributed by atoms with van der Waals surface area (Å²) >= 11 is 4.66. The van der Waals surface area contributed by atoms with E-state index in [4.69, 9.17) is 4.42 Å². The van der Waals surface area contributed by atoms with Gasteiger partial charge in [-0.1, -0.05) is 12.2 Å². The largest absolute Gasteiger partial charge is 0.469 e. The molecule has 1 heterocycles. The third-order valence-electron chi connectivity index (χ3n) is 1.09. The first-order valence-corrected chi connectivity index (χ1v) is 3.36. The first kappa shape index (κ1) is 6.49. The normalized spacial score (nSPS) is 9.33. The Balaban J connectivity index is 2.38. The van der Waals surface area contributed by atoms with Gasteiger partial charge in [-0.2, -0.15) is 0 Å². The zero-order chi connectivity index (χ0) is 6.53. The van der Waals surface area contributed by atoms with Gasteiger partial charge in [0, 0.05) is 6.42 Å². The number of thiocarbonyl (C=S) groups is 1. The molecule has 0 amide bonds. The molecule has 0 saturated heterocycles. The Kier molecular flexibility index (Phi) is 2.46. The van der Waals surface area contributed by atoms with Crippen molar-refractivity contribution in [1.82, 2.24) is 0 Å². The summed E-state index contributed by atoms with van der Waals surface area (Å²) in [5.41, 5.74) is 0. The highest BCUT2D eigenvalue weighted by Crippen LogP contribution is 2.01. The van der Waals surface area contributed by atoms with Crippen molar-refractivity contribution in [2.45, 2.75) is 12.8 Å². The smallest absolute Gasteiger partial charge is 0.104 e. The van der Waals surface area contributed by atoms with Gasteiger partial charge in [-0.3, -0.25) is 0 Å². The lowest BCUT2D eigenvalue weighted by molar-refractivity contribution is 0.512. The molecule has 0 aliphatic heterocycles. The van der Waals surface area contributed by atoms with E-state index in [0.717, 1.165) is 18.6 Å². The van der Waals surface area contributed by atoms with Gasteiger partial charge in [-0.15, -0.1) is 0 Å². The number of rotatable bonds is 3. The molecule has 1 nitrogen and oxygen atoms in total. The number of hydrogen-bond donors (Lipinski definition) is 0. The molecule has 0 spiro atoms. The SMILES string of the molecule is S=CCCc1ccco1. The summed E-state index contributed by atoms with van der Waals surface area (Å²) in [6.45, 7) is 0. The number of aryl methyl sites for hydroxylation is 1. The lowest BCUT2D eigenvalue weighted by Crippen LogP contribution is -1.79. The van der Waals surface area contributed by atoms with E-state index in [1.165, 1.54) is 0 Å². The Morgan fingerprint density at radius 1 is 1.67 bits per heavy atom. The van der Waals surface area contributed by atoms with Crippen LogP contribution in [0.3, 0.4) is 0 Å². The fraction of sp³-hybridized carbons (Fsp3) is 0.286. The van der Waals surface area contributed by atoms with Gasteiger partial charge >= 0.3 is 0 Å². The van der Waals surface area contributed by atoms with E-state index >= 15 is 0 Å². The van der Waals surface area contributed by atoms with Gasteiger partial charge in [0.15, 0.2) is 0 Å². The van der Waals surface area contributed by atoms with E-state index in [1.54, 1.807) is 11.6 Å². The molecule has 1 rings (SSSR count). The van der Waals surface area contributed by atoms with Crippen LogP contribution in [0.25, 0.3) is 0 Å². The second kappa shape index (κ2) is 3.41. The zero-order valence-electron chi connectivity index (χ0n) is 5.04. The average molecular weight is 140 g/mol. The topological polar surface area (TPSA) is 13.1 Å². The van der Waals surface area contributed by atoms with Gasteiger partial charge in [0.25, 0.3) is 0 Å². The molecule has 0 bridgehead atoms. The molecule has 0 aliphatic rings. The zero-order valence-corrected chi connectivity index (χ0v) is 5.86. The molecule has 0 aliphatic carbocycles. The van der Waals surface area contributed by atoms with Crippen LogP contribution in [0.2, 0.25) is 0 Å². The third kappa shape index (κ3) is 1.98. The van der Waals surface area contributed by atoms with Crippen LogP contribution in [0, 0.1) is 0 Å². The molecule has 0 fully saturated rings. The minimum atomic E-state index is 0.919. The molecular formula is C7H8OS. The fourth-order valence-corrected chi connectivity index (χ4v) is 0.774. The predicted octanol–water partition coefficient (Wildman–Crippen LogP) is 2.21. The van der Waals surface area contributed by atoms with Gasteiger partial charge in [0.2, 0.25) is 0 Å². The monoisotopic (exact) mass is 140 g/mol. The van der Waals surface area contributed by atoms with Crippen LogP contribution in [0.4, 0.5) is 0 Å².